The minimum absolute atomic E-state index is 0.0424. The Balaban J connectivity index is 1.37. The zero-order valence-electron chi connectivity index (χ0n) is 15.1. The second-order valence-electron chi connectivity index (χ2n) is 7.76. The van der Waals surface area contributed by atoms with Crippen LogP contribution < -0.4 is 0 Å². The van der Waals surface area contributed by atoms with Crippen molar-refractivity contribution in [2.24, 2.45) is 0 Å². The molecule has 0 saturated carbocycles. The molecule has 0 N–H and O–H groups in total. The summed E-state index contributed by atoms with van der Waals surface area (Å²) in [7, 11) is 0. The molecule has 26 heavy (non-hydrogen) atoms. The Morgan fingerprint density at radius 2 is 1.96 bits per heavy atom. The molecule has 2 fully saturated rings. The Kier molecular flexibility index (Phi) is 4.04. The molecule has 3 aliphatic rings. The van der Waals surface area contributed by atoms with Gasteiger partial charge in [0.1, 0.15) is 6.10 Å². The molecule has 0 bridgehead atoms. The number of rotatable bonds is 3. The normalized spacial score (nSPS) is 25.1. The van der Waals surface area contributed by atoms with Gasteiger partial charge >= 0.3 is 5.97 Å². The van der Waals surface area contributed by atoms with Crippen LogP contribution in [0.2, 0.25) is 0 Å². The summed E-state index contributed by atoms with van der Waals surface area (Å²) in [5.74, 6) is -0.228. The third-order valence-electron chi connectivity index (χ3n) is 6.17. The van der Waals surface area contributed by atoms with E-state index >= 15 is 0 Å². The highest BCUT2D eigenvalue weighted by Gasteiger charge is 2.35. The fraction of sp³-hybridized carbons (Fsp3) is 0.524. The second-order valence-corrected chi connectivity index (χ2v) is 7.76. The number of nitrogens with zero attached hydrogens (tertiary/aromatic N) is 3. The third-order valence-corrected chi connectivity index (χ3v) is 6.17. The molecule has 0 radical (unpaired) electrons. The van der Waals surface area contributed by atoms with Gasteiger partial charge in [-0.3, -0.25) is 0 Å². The summed E-state index contributed by atoms with van der Waals surface area (Å²) in [4.78, 5) is 15.4. The van der Waals surface area contributed by atoms with Crippen molar-refractivity contribution in [2.45, 2.75) is 57.1 Å². The fourth-order valence-electron chi connectivity index (χ4n) is 4.89. The van der Waals surface area contributed by atoms with Crippen LogP contribution in [0.25, 0.3) is 5.69 Å². The molecule has 3 heterocycles. The number of ether oxygens (including phenoxy) is 1. The van der Waals surface area contributed by atoms with Crippen molar-refractivity contribution in [3.8, 4) is 5.69 Å². The summed E-state index contributed by atoms with van der Waals surface area (Å²) in [6.07, 6.45) is 7.48. The number of carbonyl (C=O) groups is 1. The lowest BCUT2D eigenvalue weighted by Gasteiger charge is -2.34. The van der Waals surface area contributed by atoms with E-state index in [9.17, 15) is 4.79 Å². The van der Waals surface area contributed by atoms with Gasteiger partial charge in [0.15, 0.2) is 5.69 Å². The van der Waals surface area contributed by atoms with Crippen molar-refractivity contribution in [1.29, 1.82) is 0 Å². The highest BCUT2D eigenvalue weighted by molar-refractivity contribution is 5.89. The van der Waals surface area contributed by atoms with E-state index in [0.29, 0.717) is 11.7 Å². The van der Waals surface area contributed by atoms with E-state index in [0.717, 1.165) is 49.9 Å². The minimum atomic E-state index is -0.228. The zero-order valence-corrected chi connectivity index (χ0v) is 15.1. The summed E-state index contributed by atoms with van der Waals surface area (Å²) in [5.41, 5.74) is 3.82. The lowest BCUT2D eigenvalue weighted by molar-refractivity contribution is 0.00351. The van der Waals surface area contributed by atoms with E-state index < -0.39 is 0 Å². The van der Waals surface area contributed by atoms with Gasteiger partial charge in [0.05, 0.1) is 5.69 Å². The maximum absolute atomic E-state index is 12.9. The highest BCUT2D eigenvalue weighted by atomic mass is 16.5. The first-order valence-electron chi connectivity index (χ1n) is 9.91. The maximum atomic E-state index is 12.9. The van der Waals surface area contributed by atoms with Crippen LogP contribution in [0.15, 0.2) is 30.3 Å². The van der Waals surface area contributed by atoms with E-state index in [-0.39, 0.29) is 12.1 Å². The molecule has 1 aromatic carbocycles. The van der Waals surface area contributed by atoms with Gasteiger partial charge in [0.2, 0.25) is 0 Å². The summed E-state index contributed by atoms with van der Waals surface area (Å²) in [5, 5.41) is 4.67. The number of hydrogen-bond donors (Lipinski definition) is 0. The molecule has 0 spiro atoms. The number of piperidine rings is 1. The standard InChI is InChI=1S/C21H25N3O2/c25-21(26-17-11-13-23-12-5-8-16(23)14-17)20-18-9-4-10-19(18)24(22-20)15-6-2-1-3-7-15/h1-3,6-7,16-17H,4-5,8-14H2/t16-,17-/m0/s1. The molecule has 2 aliphatic heterocycles. The Hall–Kier alpha value is -2.14. The Morgan fingerprint density at radius 3 is 2.85 bits per heavy atom. The molecule has 1 aromatic heterocycles. The van der Waals surface area contributed by atoms with Gasteiger partial charge in [0.25, 0.3) is 0 Å². The summed E-state index contributed by atoms with van der Waals surface area (Å²) >= 11 is 0. The number of para-hydroxylation sites is 1. The van der Waals surface area contributed by atoms with Crippen LogP contribution in [0.3, 0.4) is 0 Å². The first kappa shape index (κ1) is 16.1. The smallest absolute Gasteiger partial charge is 0.359 e. The van der Waals surface area contributed by atoms with Gasteiger partial charge in [-0.15, -0.1) is 0 Å². The molecule has 0 amide bonds. The van der Waals surface area contributed by atoms with Gasteiger partial charge in [-0.2, -0.15) is 5.10 Å². The predicted octanol–water partition coefficient (Wildman–Crippen LogP) is 3.14. The highest BCUT2D eigenvalue weighted by Crippen LogP contribution is 2.31. The van der Waals surface area contributed by atoms with Gasteiger partial charge in [0, 0.05) is 23.8 Å². The fourth-order valence-corrected chi connectivity index (χ4v) is 4.89. The number of hydrogen-bond acceptors (Lipinski definition) is 4. The maximum Gasteiger partial charge on any atom is 0.359 e. The molecule has 5 rings (SSSR count). The largest absolute Gasteiger partial charge is 0.457 e. The van der Waals surface area contributed by atoms with Crippen LogP contribution in [0.5, 0.6) is 0 Å². The van der Waals surface area contributed by atoms with E-state index in [1.54, 1.807) is 0 Å². The summed E-state index contributed by atoms with van der Waals surface area (Å²) in [6, 6.07) is 10.7. The average Bonchev–Trinajstić information content (AvgIpc) is 3.38. The van der Waals surface area contributed by atoms with E-state index in [1.807, 2.05) is 35.0 Å². The molecule has 1 aliphatic carbocycles. The van der Waals surface area contributed by atoms with Crippen molar-refractivity contribution in [2.75, 3.05) is 13.1 Å². The van der Waals surface area contributed by atoms with Crippen LogP contribution in [-0.4, -0.2) is 45.9 Å². The third kappa shape index (κ3) is 2.75. The van der Waals surface area contributed by atoms with E-state index in [2.05, 4.69) is 10.00 Å². The van der Waals surface area contributed by atoms with Crippen molar-refractivity contribution >= 4 is 5.97 Å². The Labute approximate surface area is 153 Å². The number of benzene rings is 1. The lowest BCUT2D eigenvalue weighted by Crippen LogP contribution is -2.41. The molecule has 0 unspecified atom stereocenters. The van der Waals surface area contributed by atoms with Crippen LogP contribution in [0.1, 0.15) is 53.8 Å². The van der Waals surface area contributed by atoms with Gasteiger partial charge in [-0.05, 0) is 63.6 Å². The van der Waals surface area contributed by atoms with Gasteiger partial charge in [-0.25, -0.2) is 9.48 Å². The van der Waals surface area contributed by atoms with E-state index in [1.165, 1.54) is 25.1 Å². The first-order chi connectivity index (χ1) is 12.8. The van der Waals surface area contributed by atoms with Crippen molar-refractivity contribution < 1.29 is 9.53 Å². The van der Waals surface area contributed by atoms with Crippen LogP contribution in [0.4, 0.5) is 0 Å². The first-order valence-corrected chi connectivity index (χ1v) is 9.91. The van der Waals surface area contributed by atoms with Crippen molar-refractivity contribution in [3.63, 3.8) is 0 Å². The zero-order chi connectivity index (χ0) is 17.5. The molecule has 2 aromatic rings. The Morgan fingerprint density at radius 1 is 1.08 bits per heavy atom. The SMILES string of the molecule is O=C(O[C@H]1CCN2CCC[C@H]2C1)c1nn(-c2ccccc2)c2c1CCC2. The summed E-state index contributed by atoms with van der Waals surface area (Å²) < 4.78 is 7.86. The minimum Gasteiger partial charge on any atom is -0.457 e. The van der Waals surface area contributed by atoms with Crippen LogP contribution in [0, 0.1) is 0 Å². The number of fused-ring (bicyclic) bond motifs is 2. The number of carbonyl (C=O) groups excluding carboxylic acids is 1. The van der Waals surface area contributed by atoms with Crippen LogP contribution in [-0.2, 0) is 17.6 Å². The predicted molar refractivity (Wildman–Crippen MR) is 98.6 cm³/mol. The molecular formula is C21H25N3O2. The molecule has 2 saturated heterocycles. The molecular weight excluding hydrogens is 326 g/mol. The number of aromatic nitrogens is 2. The monoisotopic (exact) mass is 351 g/mol. The molecule has 5 nitrogen and oxygen atoms in total. The number of esters is 1. The van der Waals surface area contributed by atoms with Crippen LogP contribution >= 0.6 is 0 Å². The van der Waals surface area contributed by atoms with Crippen molar-refractivity contribution in [1.82, 2.24) is 14.7 Å². The van der Waals surface area contributed by atoms with Gasteiger partial charge < -0.3 is 9.64 Å². The quantitative estimate of drug-likeness (QED) is 0.797. The average molecular weight is 351 g/mol. The lowest BCUT2D eigenvalue weighted by atomic mass is 10.00. The topological polar surface area (TPSA) is 47.4 Å². The Bertz CT molecular complexity index is 814. The molecule has 2 atom stereocenters. The second kappa shape index (κ2) is 6.54. The van der Waals surface area contributed by atoms with E-state index in [4.69, 9.17) is 4.74 Å². The summed E-state index contributed by atoms with van der Waals surface area (Å²) in [6.45, 7) is 2.26. The molecule has 5 heteroatoms. The molecule has 136 valence electrons. The van der Waals surface area contributed by atoms with Crippen molar-refractivity contribution in [3.05, 3.63) is 47.3 Å². The van der Waals surface area contributed by atoms with Gasteiger partial charge in [-0.1, -0.05) is 18.2 Å².